The lowest BCUT2D eigenvalue weighted by molar-refractivity contribution is -0.125. The second kappa shape index (κ2) is 6.03. The van der Waals surface area contributed by atoms with E-state index in [1.54, 1.807) is 0 Å². The Morgan fingerprint density at radius 3 is 2.31 bits per heavy atom. The Balaban J connectivity index is 1.59. The van der Waals surface area contributed by atoms with E-state index >= 15 is 0 Å². The summed E-state index contributed by atoms with van der Waals surface area (Å²) in [6.07, 6.45) is 4.19. The van der Waals surface area contributed by atoms with Gasteiger partial charge in [-0.1, -0.05) is 30.7 Å². The molecule has 3 saturated carbocycles. The number of benzene rings is 1. The molecule has 4 atom stereocenters. The summed E-state index contributed by atoms with van der Waals surface area (Å²) in [7, 11) is 0. The third-order valence-corrected chi connectivity index (χ3v) is 8.12. The van der Waals surface area contributed by atoms with Gasteiger partial charge in [0.1, 0.15) is 5.92 Å². The number of Topliss-reactive ketones (excluding diaryl/α,β-unsaturated/α-hetero) is 2. The number of fused-ring (bicyclic) bond motifs is 5. The lowest BCUT2D eigenvalue weighted by Gasteiger charge is -2.21. The van der Waals surface area contributed by atoms with Crippen molar-refractivity contribution in [3.63, 3.8) is 0 Å². The van der Waals surface area contributed by atoms with Crippen molar-refractivity contribution in [1.82, 2.24) is 0 Å². The minimum absolute atomic E-state index is 0.00389. The van der Waals surface area contributed by atoms with Crippen LogP contribution in [0.15, 0.2) is 30.3 Å². The predicted molar refractivity (Wildman–Crippen MR) is 105 cm³/mol. The van der Waals surface area contributed by atoms with Crippen molar-refractivity contribution >= 4 is 34.5 Å². The molecule has 26 heavy (non-hydrogen) atoms. The number of aryl methyl sites for hydroxylation is 1. The van der Waals surface area contributed by atoms with E-state index < -0.39 is 5.92 Å². The number of hydrogen-bond acceptors (Lipinski definition) is 3. The molecule has 4 heteroatoms. The summed E-state index contributed by atoms with van der Waals surface area (Å²) in [6.45, 7) is 2.09. The van der Waals surface area contributed by atoms with Gasteiger partial charge in [-0.2, -0.15) is 0 Å². The topological polar surface area (TPSA) is 34.1 Å². The number of hydrogen-bond donors (Lipinski definition) is 0. The number of thiophene rings is 1. The van der Waals surface area contributed by atoms with Crippen molar-refractivity contribution in [3.05, 3.63) is 45.8 Å². The normalized spacial score (nSPS) is 32.5. The van der Waals surface area contributed by atoms with Crippen LogP contribution in [-0.2, 0) is 16.0 Å². The highest BCUT2D eigenvalue weighted by atomic mass is 35.5. The first-order valence-corrected chi connectivity index (χ1v) is 10.7. The maximum atomic E-state index is 13.3. The van der Waals surface area contributed by atoms with Crippen molar-refractivity contribution in [3.8, 4) is 10.4 Å². The standard InChI is InChI=1S/C22H21ClO2S/c1-2-11-3-4-12(16-7-8-17(23)26-16)10-15(11)20-21(24)18-13-5-6-14(9-13)19(18)22(20)25/h3-4,7-8,10,13-14,18-20H,2,5-6,9H2,1H3. The molecule has 1 heterocycles. The first-order valence-electron chi connectivity index (χ1n) is 9.54. The fourth-order valence-corrected chi connectivity index (χ4v) is 6.79. The van der Waals surface area contributed by atoms with Crippen LogP contribution in [0.2, 0.25) is 4.34 Å². The summed E-state index contributed by atoms with van der Waals surface area (Å²) in [5.74, 6) is 0.753. The molecule has 3 aliphatic carbocycles. The van der Waals surface area contributed by atoms with Crippen LogP contribution in [0.4, 0.5) is 0 Å². The maximum Gasteiger partial charge on any atom is 0.151 e. The Kier molecular flexibility index (Phi) is 3.88. The Bertz CT molecular complexity index is 887. The van der Waals surface area contributed by atoms with Gasteiger partial charge >= 0.3 is 0 Å². The fraction of sp³-hybridized carbons (Fsp3) is 0.455. The summed E-state index contributed by atoms with van der Waals surface area (Å²) in [4.78, 5) is 27.6. The zero-order valence-corrected chi connectivity index (χ0v) is 16.3. The number of rotatable bonds is 3. The highest BCUT2D eigenvalue weighted by Gasteiger charge is 2.61. The molecule has 0 saturated heterocycles. The highest BCUT2D eigenvalue weighted by Crippen LogP contribution is 2.59. The first-order chi connectivity index (χ1) is 12.6. The Morgan fingerprint density at radius 2 is 1.73 bits per heavy atom. The van der Waals surface area contributed by atoms with Crippen LogP contribution in [-0.4, -0.2) is 11.6 Å². The SMILES string of the molecule is CCc1ccc(-c2ccc(Cl)s2)cc1C1C(=O)C2C3CCC(C3)C2C1=O. The molecule has 0 aliphatic heterocycles. The molecule has 0 radical (unpaired) electrons. The molecule has 3 fully saturated rings. The highest BCUT2D eigenvalue weighted by molar-refractivity contribution is 7.19. The van der Waals surface area contributed by atoms with Gasteiger partial charge in [-0.15, -0.1) is 11.3 Å². The average Bonchev–Trinajstić information content (AvgIpc) is 3.39. The summed E-state index contributed by atoms with van der Waals surface area (Å²) >= 11 is 7.63. The van der Waals surface area contributed by atoms with Crippen LogP contribution in [0.25, 0.3) is 10.4 Å². The Morgan fingerprint density at radius 1 is 1.04 bits per heavy atom. The Hall–Kier alpha value is -1.45. The van der Waals surface area contributed by atoms with Gasteiger partial charge in [0.15, 0.2) is 11.6 Å². The quantitative estimate of drug-likeness (QED) is 0.652. The maximum absolute atomic E-state index is 13.3. The zero-order chi connectivity index (χ0) is 18.0. The van der Waals surface area contributed by atoms with Crippen LogP contribution in [0, 0.1) is 23.7 Å². The number of carbonyl (C=O) groups excluding carboxylic acids is 2. The molecule has 3 aliphatic rings. The van der Waals surface area contributed by atoms with E-state index in [0.717, 1.165) is 51.6 Å². The van der Waals surface area contributed by atoms with Crippen LogP contribution in [0.3, 0.4) is 0 Å². The van der Waals surface area contributed by atoms with Crippen molar-refractivity contribution in [2.24, 2.45) is 23.7 Å². The smallest absolute Gasteiger partial charge is 0.151 e. The average molecular weight is 385 g/mol. The van der Waals surface area contributed by atoms with Gasteiger partial charge in [-0.3, -0.25) is 9.59 Å². The molecule has 0 N–H and O–H groups in total. The lowest BCUT2D eigenvalue weighted by Crippen LogP contribution is -2.24. The van der Waals surface area contributed by atoms with Crippen LogP contribution in [0.5, 0.6) is 0 Å². The van der Waals surface area contributed by atoms with Gasteiger partial charge in [0.2, 0.25) is 0 Å². The van der Waals surface area contributed by atoms with Gasteiger partial charge in [-0.25, -0.2) is 0 Å². The number of halogens is 1. The van der Waals surface area contributed by atoms with E-state index in [2.05, 4.69) is 25.1 Å². The zero-order valence-electron chi connectivity index (χ0n) is 14.7. The molecule has 134 valence electrons. The molecule has 2 aromatic rings. The summed E-state index contributed by atoms with van der Waals surface area (Å²) < 4.78 is 0.750. The summed E-state index contributed by atoms with van der Waals surface area (Å²) in [5.41, 5.74) is 3.11. The van der Waals surface area contributed by atoms with Crippen molar-refractivity contribution < 1.29 is 9.59 Å². The number of carbonyl (C=O) groups is 2. The van der Waals surface area contributed by atoms with Crippen molar-refractivity contribution in [2.75, 3.05) is 0 Å². The third-order valence-electron chi connectivity index (χ3n) is 6.84. The molecule has 2 bridgehead atoms. The van der Waals surface area contributed by atoms with E-state index in [4.69, 9.17) is 11.6 Å². The van der Waals surface area contributed by atoms with Gasteiger partial charge in [0.25, 0.3) is 0 Å². The van der Waals surface area contributed by atoms with Gasteiger partial charge in [-0.05, 0) is 72.4 Å². The lowest BCUT2D eigenvalue weighted by atomic mass is 9.81. The van der Waals surface area contributed by atoms with E-state index in [0.29, 0.717) is 11.8 Å². The minimum Gasteiger partial charge on any atom is -0.298 e. The molecule has 5 rings (SSSR count). The molecule has 1 aromatic carbocycles. The van der Waals surface area contributed by atoms with E-state index in [9.17, 15) is 9.59 Å². The second-order valence-corrected chi connectivity index (χ2v) is 9.71. The van der Waals surface area contributed by atoms with E-state index in [-0.39, 0.29) is 23.4 Å². The largest absolute Gasteiger partial charge is 0.298 e. The second-order valence-electron chi connectivity index (χ2n) is 7.99. The molecule has 0 amide bonds. The monoisotopic (exact) mass is 384 g/mol. The van der Waals surface area contributed by atoms with Crippen LogP contribution < -0.4 is 0 Å². The molecule has 0 spiro atoms. The molecule has 4 unspecified atom stereocenters. The molecular formula is C22H21ClO2S. The van der Waals surface area contributed by atoms with E-state index in [1.807, 2.05) is 12.1 Å². The molecule has 2 nitrogen and oxygen atoms in total. The van der Waals surface area contributed by atoms with Crippen LogP contribution in [0.1, 0.15) is 43.2 Å². The van der Waals surface area contributed by atoms with Crippen molar-refractivity contribution in [2.45, 2.75) is 38.5 Å². The fourth-order valence-electron chi connectivity index (χ4n) is 5.75. The molecule has 1 aromatic heterocycles. The predicted octanol–water partition coefficient (Wildman–Crippen LogP) is 5.53. The summed E-state index contributed by atoms with van der Waals surface area (Å²) in [5, 5.41) is 0. The first kappa shape index (κ1) is 16.7. The number of ketones is 2. The van der Waals surface area contributed by atoms with E-state index in [1.165, 1.54) is 11.3 Å². The van der Waals surface area contributed by atoms with Crippen LogP contribution >= 0.6 is 22.9 Å². The summed E-state index contributed by atoms with van der Waals surface area (Å²) in [6, 6.07) is 10.1. The van der Waals surface area contributed by atoms with Gasteiger partial charge in [0, 0.05) is 16.7 Å². The minimum atomic E-state index is -0.543. The Labute approximate surface area is 162 Å². The molecular weight excluding hydrogens is 364 g/mol. The third kappa shape index (κ3) is 2.30. The van der Waals surface area contributed by atoms with Gasteiger partial charge in [0.05, 0.1) is 4.34 Å². The van der Waals surface area contributed by atoms with Gasteiger partial charge < -0.3 is 0 Å². The van der Waals surface area contributed by atoms with Crippen molar-refractivity contribution in [1.29, 1.82) is 0 Å².